The third kappa shape index (κ3) is 4.44. The van der Waals surface area contributed by atoms with E-state index in [1.54, 1.807) is 4.31 Å². The van der Waals surface area contributed by atoms with E-state index in [4.69, 9.17) is 4.74 Å². The lowest BCUT2D eigenvalue weighted by Crippen LogP contribution is -2.38. The van der Waals surface area contributed by atoms with E-state index in [1.165, 1.54) is 0 Å². The summed E-state index contributed by atoms with van der Waals surface area (Å²) in [4.78, 5) is 0. The minimum absolute atomic E-state index is 0.0533. The van der Waals surface area contributed by atoms with Crippen LogP contribution in [0.4, 0.5) is 0 Å². The summed E-state index contributed by atoms with van der Waals surface area (Å²) in [6, 6.07) is 19.2. The molecule has 0 N–H and O–H groups in total. The minimum Gasteiger partial charge on any atom is -0.375 e. The zero-order chi connectivity index (χ0) is 16.8. The van der Waals surface area contributed by atoms with Crippen LogP contribution in [0.25, 0.3) is 0 Å². The van der Waals surface area contributed by atoms with Gasteiger partial charge in [-0.05, 0) is 24.0 Å². The van der Waals surface area contributed by atoms with Gasteiger partial charge in [-0.2, -0.15) is 4.31 Å². The normalized spacial score (nSPS) is 18.8. The van der Waals surface area contributed by atoms with E-state index in [2.05, 4.69) is 0 Å². The lowest BCUT2D eigenvalue weighted by Gasteiger charge is -2.24. The van der Waals surface area contributed by atoms with Crippen molar-refractivity contribution in [2.75, 3.05) is 13.2 Å². The van der Waals surface area contributed by atoms with E-state index in [-0.39, 0.29) is 11.8 Å². The van der Waals surface area contributed by atoms with E-state index in [1.807, 2.05) is 60.7 Å². The fourth-order valence-corrected chi connectivity index (χ4v) is 4.90. The topological polar surface area (TPSA) is 46.6 Å². The molecule has 1 aliphatic heterocycles. The maximum Gasteiger partial charge on any atom is 0.218 e. The first-order chi connectivity index (χ1) is 11.6. The summed E-state index contributed by atoms with van der Waals surface area (Å²) in [5.41, 5.74) is 1.93. The molecule has 0 radical (unpaired) electrons. The molecule has 0 amide bonds. The van der Waals surface area contributed by atoms with E-state index < -0.39 is 10.0 Å². The van der Waals surface area contributed by atoms with E-state index in [9.17, 15) is 8.42 Å². The SMILES string of the molecule is O=S(=O)(Cc1ccccc1)N1CCCC1COCc1ccccc1. The molecule has 3 rings (SSSR count). The van der Waals surface area contributed by atoms with Gasteiger partial charge in [-0.3, -0.25) is 0 Å². The highest BCUT2D eigenvalue weighted by atomic mass is 32.2. The molecule has 128 valence electrons. The van der Waals surface area contributed by atoms with Gasteiger partial charge in [-0.1, -0.05) is 60.7 Å². The number of benzene rings is 2. The molecule has 0 aromatic heterocycles. The molecule has 0 bridgehead atoms. The van der Waals surface area contributed by atoms with Crippen molar-refractivity contribution in [2.45, 2.75) is 31.2 Å². The molecule has 1 atom stereocenters. The molecule has 1 unspecified atom stereocenters. The fraction of sp³-hybridized carbons (Fsp3) is 0.368. The van der Waals surface area contributed by atoms with Gasteiger partial charge in [0.05, 0.1) is 19.0 Å². The maximum absolute atomic E-state index is 12.7. The molecule has 2 aromatic rings. The molecule has 0 saturated carbocycles. The van der Waals surface area contributed by atoms with Gasteiger partial charge in [-0.15, -0.1) is 0 Å². The molecule has 1 heterocycles. The highest BCUT2D eigenvalue weighted by Gasteiger charge is 2.34. The number of hydrogen-bond donors (Lipinski definition) is 0. The molecule has 1 fully saturated rings. The third-order valence-electron chi connectivity index (χ3n) is 4.29. The molecule has 0 aliphatic carbocycles. The van der Waals surface area contributed by atoms with Gasteiger partial charge < -0.3 is 4.74 Å². The molecule has 5 heteroatoms. The highest BCUT2D eigenvalue weighted by Crippen LogP contribution is 2.24. The molecule has 0 spiro atoms. The van der Waals surface area contributed by atoms with Crippen molar-refractivity contribution in [3.8, 4) is 0 Å². The second-order valence-electron chi connectivity index (χ2n) is 6.15. The van der Waals surface area contributed by atoms with Gasteiger partial charge in [0.25, 0.3) is 0 Å². The van der Waals surface area contributed by atoms with Crippen molar-refractivity contribution in [3.05, 3.63) is 71.8 Å². The van der Waals surface area contributed by atoms with E-state index in [0.717, 1.165) is 24.0 Å². The summed E-state index contributed by atoms with van der Waals surface area (Å²) < 4.78 is 32.8. The summed E-state index contributed by atoms with van der Waals surface area (Å²) in [6.45, 7) is 1.56. The van der Waals surface area contributed by atoms with Crippen LogP contribution < -0.4 is 0 Å². The summed E-state index contributed by atoms with van der Waals surface area (Å²) >= 11 is 0. The van der Waals surface area contributed by atoms with E-state index in [0.29, 0.717) is 19.8 Å². The van der Waals surface area contributed by atoms with Crippen LogP contribution >= 0.6 is 0 Å². The average molecular weight is 345 g/mol. The van der Waals surface area contributed by atoms with Gasteiger partial charge in [0.15, 0.2) is 0 Å². The molecular formula is C19H23NO3S. The first-order valence-corrected chi connectivity index (χ1v) is 9.91. The molecule has 4 nitrogen and oxygen atoms in total. The molecule has 1 aliphatic rings. The van der Waals surface area contributed by atoms with Crippen LogP contribution in [0, 0.1) is 0 Å². The van der Waals surface area contributed by atoms with Crippen molar-refractivity contribution in [1.29, 1.82) is 0 Å². The Morgan fingerprint density at radius 3 is 2.25 bits per heavy atom. The predicted molar refractivity (Wildman–Crippen MR) is 94.9 cm³/mol. The van der Waals surface area contributed by atoms with Gasteiger partial charge in [-0.25, -0.2) is 8.42 Å². The standard InChI is InChI=1S/C19H23NO3S/c21-24(22,16-18-10-5-2-6-11-18)20-13-7-12-19(20)15-23-14-17-8-3-1-4-9-17/h1-6,8-11,19H,7,12-16H2. The largest absolute Gasteiger partial charge is 0.375 e. The Morgan fingerprint density at radius 1 is 0.958 bits per heavy atom. The van der Waals surface area contributed by atoms with Crippen LogP contribution in [0.1, 0.15) is 24.0 Å². The molecule has 2 aromatic carbocycles. The Kier molecular flexibility index (Phi) is 5.66. The van der Waals surface area contributed by atoms with Crippen molar-refractivity contribution < 1.29 is 13.2 Å². The molecule has 1 saturated heterocycles. The first-order valence-electron chi connectivity index (χ1n) is 8.30. The first kappa shape index (κ1) is 17.1. The zero-order valence-corrected chi connectivity index (χ0v) is 14.5. The summed E-state index contributed by atoms with van der Waals surface area (Å²) in [5, 5.41) is 0. The minimum atomic E-state index is -3.30. The quantitative estimate of drug-likeness (QED) is 0.774. The van der Waals surface area contributed by atoms with Crippen LogP contribution in [0.3, 0.4) is 0 Å². The van der Waals surface area contributed by atoms with Crippen LogP contribution in [0.2, 0.25) is 0 Å². The summed E-state index contributed by atoms with van der Waals surface area (Å²) in [7, 11) is -3.30. The Bertz CT molecular complexity index is 732. The zero-order valence-electron chi connectivity index (χ0n) is 13.7. The number of ether oxygens (including phenoxy) is 1. The Labute approximate surface area is 144 Å². The lowest BCUT2D eigenvalue weighted by atomic mass is 10.2. The van der Waals surface area contributed by atoms with Crippen molar-refractivity contribution in [1.82, 2.24) is 4.31 Å². The lowest BCUT2D eigenvalue weighted by molar-refractivity contribution is 0.0873. The third-order valence-corrected chi connectivity index (χ3v) is 6.19. The second-order valence-corrected chi connectivity index (χ2v) is 8.07. The van der Waals surface area contributed by atoms with Crippen LogP contribution in [0.5, 0.6) is 0 Å². The number of nitrogens with zero attached hydrogens (tertiary/aromatic N) is 1. The van der Waals surface area contributed by atoms with E-state index >= 15 is 0 Å². The van der Waals surface area contributed by atoms with Crippen molar-refractivity contribution in [3.63, 3.8) is 0 Å². The maximum atomic E-state index is 12.7. The van der Waals surface area contributed by atoms with Crippen LogP contribution in [0.15, 0.2) is 60.7 Å². The Hall–Kier alpha value is -1.69. The number of sulfonamides is 1. The Balaban J connectivity index is 1.58. The van der Waals surface area contributed by atoms with Gasteiger partial charge in [0, 0.05) is 12.6 Å². The fourth-order valence-electron chi connectivity index (χ4n) is 3.10. The highest BCUT2D eigenvalue weighted by molar-refractivity contribution is 7.88. The van der Waals surface area contributed by atoms with Crippen LogP contribution in [-0.4, -0.2) is 31.9 Å². The Morgan fingerprint density at radius 2 is 1.58 bits per heavy atom. The van der Waals surface area contributed by atoms with Gasteiger partial charge in [0.2, 0.25) is 10.0 Å². The van der Waals surface area contributed by atoms with Crippen molar-refractivity contribution >= 4 is 10.0 Å². The smallest absolute Gasteiger partial charge is 0.218 e. The molecular weight excluding hydrogens is 322 g/mol. The summed E-state index contributed by atoms with van der Waals surface area (Å²) in [6.07, 6.45) is 1.76. The number of rotatable bonds is 7. The number of hydrogen-bond acceptors (Lipinski definition) is 3. The average Bonchev–Trinajstić information content (AvgIpc) is 3.06. The van der Waals surface area contributed by atoms with Gasteiger partial charge in [0.1, 0.15) is 0 Å². The molecule has 24 heavy (non-hydrogen) atoms. The van der Waals surface area contributed by atoms with Gasteiger partial charge >= 0.3 is 0 Å². The second kappa shape index (κ2) is 7.92. The van der Waals surface area contributed by atoms with Crippen molar-refractivity contribution in [2.24, 2.45) is 0 Å². The monoisotopic (exact) mass is 345 g/mol. The predicted octanol–water partition coefficient (Wildman–Crippen LogP) is 3.20. The summed E-state index contributed by atoms with van der Waals surface area (Å²) in [5.74, 6) is 0.0586. The van der Waals surface area contributed by atoms with Crippen LogP contribution in [-0.2, 0) is 27.1 Å².